The van der Waals surface area contributed by atoms with E-state index in [0.29, 0.717) is 6.54 Å². The largest absolute Gasteiger partial charge is 0.350 e. The molecule has 1 amide bonds. The van der Waals surface area contributed by atoms with Gasteiger partial charge in [-0.05, 0) is 32.4 Å². The van der Waals surface area contributed by atoms with Gasteiger partial charge in [0.2, 0.25) is 5.91 Å². The number of benzene rings is 1. The molecule has 2 rings (SSSR count). The fourth-order valence-corrected chi connectivity index (χ4v) is 3.21. The fourth-order valence-electron chi connectivity index (χ4n) is 2.01. The normalized spacial score (nSPS) is 18.5. The van der Waals surface area contributed by atoms with Crippen molar-refractivity contribution in [3.8, 4) is 0 Å². The number of amides is 1. The minimum absolute atomic E-state index is 0.0527. The molecule has 0 aliphatic carbocycles. The molecule has 0 radical (unpaired) electrons. The summed E-state index contributed by atoms with van der Waals surface area (Å²) in [6.07, 6.45) is 0. The average Bonchev–Trinajstić information content (AvgIpc) is 2.67. The van der Waals surface area contributed by atoms with Crippen molar-refractivity contribution >= 4 is 17.7 Å². The van der Waals surface area contributed by atoms with Gasteiger partial charge in [-0.2, -0.15) is 0 Å². The van der Waals surface area contributed by atoms with Gasteiger partial charge in [0.05, 0.1) is 6.54 Å². The highest BCUT2D eigenvalue weighted by Crippen LogP contribution is 2.37. The van der Waals surface area contributed by atoms with Gasteiger partial charge in [0, 0.05) is 22.2 Å². The summed E-state index contributed by atoms with van der Waals surface area (Å²) in [5, 5.41) is 6.29. The van der Waals surface area contributed by atoms with E-state index < -0.39 is 0 Å². The van der Waals surface area contributed by atoms with Gasteiger partial charge in [-0.3, -0.25) is 4.79 Å². The van der Waals surface area contributed by atoms with Crippen molar-refractivity contribution in [2.45, 2.75) is 37.2 Å². The van der Waals surface area contributed by atoms with Gasteiger partial charge in [-0.1, -0.05) is 18.2 Å². The van der Waals surface area contributed by atoms with Crippen molar-refractivity contribution in [1.29, 1.82) is 0 Å². The monoisotopic (exact) mass is 264 g/mol. The smallest absolute Gasteiger partial charge is 0.234 e. The molecule has 0 spiro atoms. The Morgan fingerprint density at radius 1 is 1.39 bits per heavy atom. The van der Waals surface area contributed by atoms with Gasteiger partial charge in [-0.15, -0.1) is 11.8 Å². The zero-order valence-electron chi connectivity index (χ0n) is 11.1. The first-order chi connectivity index (χ1) is 8.46. The molecule has 0 bridgehead atoms. The fraction of sp³-hybridized carbons (Fsp3) is 0.500. The number of carbonyl (C=O) groups is 1. The summed E-state index contributed by atoms with van der Waals surface area (Å²) in [6.45, 7) is 6.35. The quantitative estimate of drug-likeness (QED) is 0.880. The highest BCUT2D eigenvalue weighted by Gasteiger charge is 2.23. The molecular weight excluding hydrogens is 244 g/mol. The molecule has 98 valence electrons. The Bertz CT molecular complexity index is 440. The third-order valence-corrected chi connectivity index (χ3v) is 3.91. The molecule has 3 nitrogen and oxygen atoms in total. The molecule has 1 atom stereocenters. The van der Waals surface area contributed by atoms with E-state index in [1.807, 2.05) is 32.5 Å². The van der Waals surface area contributed by atoms with Crippen molar-refractivity contribution in [3.63, 3.8) is 0 Å². The van der Waals surface area contributed by atoms with Crippen molar-refractivity contribution in [2.24, 2.45) is 0 Å². The maximum atomic E-state index is 11.7. The maximum Gasteiger partial charge on any atom is 0.234 e. The minimum atomic E-state index is -0.166. The summed E-state index contributed by atoms with van der Waals surface area (Å²) < 4.78 is 0. The predicted molar refractivity (Wildman–Crippen MR) is 75.8 cm³/mol. The topological polar surface area (TPSA) is 41.1 Å². The lowest BCUT2D eigenvalue weighted by atomic mass is 10.1. The standard InChI is InChI=1S/C14H20N2OS/c1-14(2,3)16-13(17)8-15-11-9-18-12-7-5-4-6-10(11)12/h4-7,11,15H,8-9H2,1-3H3,(H,16,17). The minimum Gasteiger partial charge on any atom is -0.350 e. The molecule has 1 aromatic carbocycles. The molecule has 0 aromatic heterocycles. The van der Waals surface area contributed by atoms with Gasteiger partial charge in [0.1, 0.15) is 0 Å². The molecule has 0 saturated heterocycles. The van der Waals surface area contributed by atoms with Crippen molar-refractivity contribution in [3.05, 3.63) is 29.8 Å². The van der Waals surface area contributed by atoms with Crippen LogP contribution in [0.1, 0.15) is 32.4 Å². The SMILES string of the molecule is CC(C)(C)NC(=O)CNC1CSc2ccccc21. The molecular formula is C14H20N2OS. The van der Waals surface area contributed by atoms with E-state index in [1.54, 1.807) is 0 Å². The van der Waals surface area contributed by atoms with Crippen LogP contribution in [0.3, 0.4) is 0 Å². The lowest BCUT2D eigenvalue weighted by Crippen LogP contribution is -2.45. The third-order valence-electron chi connectivity index (χ3n) is 2.72. The Hall–Kier alpha value is -1.00. The van der Waals surface area contributed by atoms with E-state index in [2.05, 4.69) is 34.9 Å². The van der Waals surface area contributed by atoms with E-state index in [1.165, 1.54) is 10.5 Å². The number of rotatable bonds is 3. The van der Waals surface area contributed by atoms with Crippen LogP contribution in [0.5, 0.6) is 0 Å². The molecule has 18 heavy (non-hydrogen) atoms. The number of hydrogen-bond acceptors (Lipinski definition) is 3. The van der Waals surface area contributed by atoms with Crippen LogP contribution in [0.4, 0.5) is 0 Å². The highest BCUT2D eigenvalue weighted by molar-refractivity contribution is 7.99. The molecule has 0 saturated carbocycles. The second-order valence-electron chi connectivity index (χ2n) is 5.58. The second-order valence-corrected chi connectivity index (χ2v) is 6.64. The van der Waals surface area contributed by atoms with E-state index in [-0.39, 0.29) is 17.5 Å². The van der Waals surface area contributed by atoms with Gasteiger partial charge < -0.3 is 10.6 Å². The van der Waals surface area contributed by atoms with Crippen LogP contribution >= 0.6 is 11.8 Å². The first-order valence-electron chi connectivity index (χ1n) is 6.22. The third kappa shape index (κ3) is 3.50. The van der Waals surface area contributed by atoms with Crippen LogP contribution in [0.25, 0.3) is 0 Å². The summed E-state index contributed by atoms with van der Waals surface area (Å²) in [5.41, 5.74) is 1.15. The number of hydrogen-bond donors (Lipinski definition) is 2. The zero-order valence-corrected chi connectivity index (χ0v) is 11.9. The van der Waals surface area contributed by atoms with Gasteiger partial charge in [-0.25, -0.2) is 0 Å². The van der Waals surface area contributed by atoms with E-state index in [9.17, 15) is 4.79 Å². The Morgan fingerprint density at radius 3 is 2.83 bits per heavy atom. The van der Waals surface area contributed by atoms with E-state index >= 15 is 0 Å². The molecule has 0 fully saturated rings. The van der Waals surface area contributed by atoms with E-state index in [0.717, 1.165) is 5.75 Å². The average molecular weight is 264 g/mol. The molecule has 1 unspecified atom stereocenters. The Morgan fingerprint density at radius 2 is 2.11 bits per heavy atom. The highest BCUT2D eigenvalue weighted by atomic mass is 32.2. The Labute approximate surface area is 113 Å². The van der Waals surface area contributed by atoms with Crippen LogP contribution in [0.15, 0.2) is 29.2 Å². The second kappa shape index (κ2) is 5.33. The van der Waals surface area contributed by atoms with E-state index in [4.69, 9.17) is 0 Å². The first-order valence-corrected chi connectivity index (χ1v) is 7.20. The zero-order chi connectivity index (χ0) is 13.2. The Balaban J connectivity index is 1.87. The summed E-state index contributed by atoms with van der Waals surface area (Å²) in [6, 6.07) is 8.66. The molecule has 1 heterocycles. The van der Waals surface area contributed by atoms with Crippen LogP contribution in [0.2, 0.25) is 0 Å². The van der Waals surface area contributed by atoms with Crippen LogP contribution in [-0.2, 0) is 4.79 Å². The number of thioether (sulfide) groups is 1. The summed E-state index contributed by atoms with van der Waals surface area (Å²) in [4.78, 5) is 13.1. The number of carbonyl (C=O) groups excluding carboxylic acids is 1. The predicted octanol–water partition coefficient (Wildman–Crippen LogP) is 2.34. The molecule has 2 N–H and O–H groups in total. The molecule has 1 aliphatic heterocycles. The van der Waals surface area contributed by atoms with Crippen LogP contribution in [-0.4, -0.2) is 23.7 Å². The van der Waals surface area contributed by atoms with Crippen molar-refractivity contribution < 1.29 is 4.79 Å². The molecule has 4 heteroatoms. The van der Waals surface area contributed by atoms with Crippen molar-refractivity contribution in [1.82, 2.24) is 10.6 Å². The molecule has 1 aliphatic rings. The van der Waals surface area contributed by atoms with Gasteiger partial charge in [0.25, 0.3) is 0 Å². The summed E-state index contributed by atoms with van der Waals surface area (Å²) in [5.74, 6) is 1.05. The summed E-state index contributed by atoms with van der Waals surface area (Å²) >= 11 is 1.85. The number of fused-ring (bicyclic) bond motifs is 1. The van der Waals surface area contributed by atoms with Gasteiger partial charge >= 0.3 is 0 Å². The lowest BCUT2D eigenvalue weighted by molar-refractivity contribution is -0.121. The van der Waals surface area contributed by atoms with Crippen molar-refractivity contribution in [2.75, 3.05) is 12.3 Å². The maximum absolute atomic E-state index is 11.7. The number of nitrogens with one attached hydrogen (secondary N) is 2. The molecule has 1 aromatic rings. The van der Waals surface area contributed by atoms with Crippen LogP contribution in [0, 0.1) is 0 Å². The van der Waals surface area contributed by atoms with Gasteiger partial charge in [0.15, 0.2) is 0 Å². The summed E-state index contributed by atoms with van der Waals surface area (Å²) in [7, 11) is 0. The first kappa shape index (κ1) is 13.4. The van der Waals surface area contributed by atoms with Crippen LogP contribution < -0.4 is 10.6 Å². The Kier molecular flexibility index (Phi) is 3.97. The lowest BCUT2D eigenvalue weighted by Gasteiger charge is -2.21.